The Hall–Kier alpha value is -1.55. The first-order valence-electron chi connectivity index (χ1n) is 7.10. The Morgan fingerprint density at radius 3 is 2.57 bits per heavy atom. The van der Waals surface area contributed by atoms with E-state index in [4.69, 9.17) is 4.74 Å². The minimum atomic E-state index is -0.285. The summed E-state index contributed by atoms with van der Waals surface area (Å²) in [6.45, 7) is 3.99. The van der Waals surface area contributed by atoms with Crippen LogP contribution in [0.25, 0.3) is 5.57 Å². The number of benzene rings is 1. The molecule has 0 saturated carbocycles. The third-order valence-corrected chi connectivity index (χ3v) is 4.18. The van der Waals surface area contributed by atoms with Crippen LogP contribution in [0, 0.1) is 12.8 Å². The summed E-state index contributed by atoms with van der Waals surface area (Å²) in [7, 11) is 0. The van der Waals surface area contributed by atoms with E-state index >= 15 is 0 Å². The lowest BCUT2D eigenvalue weighted by molar-refractivity contribution is -0.136. The minimum Gasteiger partial charge on any atom is -0.430 e. The monoisotopic (exact) mass is 304 g/mol. The van der Waals surface area contributed by atoms with Crippen molar-refractivity contribution in [3.05, 3.63) is 41.2 Å². The van der Waals surface area contributed by atoms with E-state index < -0.39 is 0 Å². The van der Waals surface area contributed by atoms with E-state index in [1.54, 1.807) is 0 Å². The topological polar surface area (TPSA) is 43.4 Å². The molecule has 1 atom stereocenters. The number of rotatable bonds is 5. The first kappa shape index (κ1) is 15.8. The van der Waals surface area contributed by atoms with Gasteiger partial charge in [0.25, 0.3) is 0 Å². The third kappa shape index (κ3) is 3.56. The van der Waals surface area contributed by atoms with Crippen LogP contribution in [0.2, 0.25) is 0 Å². The van der Waals surface area contributed by atoms with Crippen LogP contribution in [0.15, 0.2) is 30.0 Å². The molecular formula is C17H20O3S. The lowest BCUT2D eigenvalue weighted by Gasteiger charge is -2.07. The molecule has 0 spiro atoms. The number of hydrogen-bond donors (Lipinski definition) is 0. The summed E-state index contributed by atoms with van der Waals surface area (Å²) in [6.07, 6.45) is 3.14. The Balaban J connectivity index is 2.35. The zero-order valence-electron chi connectivity index (χ0n) is 12.6. The average molecular weight is 304 g/mol. The van der Waals surface area contributed by atoms with Gasteiger partial charge in [0.05, 0.1) is 11.3 Å². The molecule has 1 unspecified atom stereocenters. The van der Waals surface area contributed by atoms with Gasteiger partial charge in [-0.15, -0.1) is 0 Å². The second-order valence-corrected chi connectivity index (χ2v) is 6.11. The molecule has 1 aromatic rings. The van der Waals surface area contributed by atoms with Crippen molar-refractivity contribution in [3.8, 4) is 0 Å². The van der Waals surface area contributed by atoms with Crippen molar-refractivity contribution in [2.45, 2.75) is 26.7 Å². The van der Waals surface area contributed by atoms with Gasteiger partial charge in [-0.05, 0) is 25.2 Å². The van der Waals surface area contributed by atoms with Crippen LogP contribution >= 0.6 is 11.8 Å². The van der Waals surface area contributed by atoms with E-state index in [1.165, 1.54) is 11.8 Å². The summed E-state index contributed by atoms with van der Waals surface area (Å²) < 4.78 is 5.45. The van der Waals surface area contributed by atoms with Crippen LogP contribution in [0.5, 0.6) is 0 Å². The van der Waals surface area contributed by atoms with Crippen molar-refractivity contribution in [2.75, 3.05) is 12.0 Å². The van der Waals surface area contributed by atoms with E-state index in [2.05, 4.69) is 0 Å². The van der Waals surface area contributed by atoms with Crippen molar-refractivity contribution < 1.29 is 14.3 Å². The van der Waals surface area contributed by atoms with E-state index in [-0.39, 0.29) is 17.7 Å². The molecule has 0 N–H and O–H groups in total. The highest BCUT2D eigenvalue weighted by Crippen LogP contribution is 2.37. The molecule has 0 radical (unpaired) electrons. The van der Waals surface area contributed by atoms with Gasteiger partial charge in [-0.25, -0.2) is 0 Å². The number of esters is 1. The molecule has 0 fully saturated rings. The summed E-state index contributed by atoms with van der Waals surface area (Å²) in [6, 6.07) is 7.78. The molecule has 0 heterocycles. The molecule has 0 saturated heterocycles. The minimum absolute atomic E-state index is 0.0709. The number of aryl methyl sites for hydroxylation is 1. The molecule has 3 nitrogen and oxygen atoms in total. The molecule has 112 valence electrons. The van der Waals surface area contributed by atoms with Crippen molar-refractivity contribution in [2.24, 2.45) is 5.92 Å². The second-order valence-electron chi connectivity index (χ2n) is 5.24. The smallest absolute Gasteiger partial charge is 0.320 e. The molecule has 1 aromatic carbocycles. The molecule has 0 aliphatic heterocycles. The van der Waals surface area contributed by atoms with Gasteiger partial charge in [-0.2, -0.15) is 11.8 Å². The Morgan fingerprint density at radius 2 is 2.00 bits per heavy atom. The van der Waals surface area contributed by atoms with Gasteiger partial charge < -0.3 is 4.74 Å². The fourth-order valence-electron chi connectivity index (χ4n) is 2.49. The number of hydrogen-bond acceptors (Lipinski definition) is 4. The quantitative estimate of drug-likeness (QED) is 0.779. The van der Waals surface area contributed by atoms with Crippen LogP contribution < -0.4 is 0 Å². The Labute approximate surface area is 129 Å². The van der Waals surface area contributed by atoms with Gasteiger partial charge >= 0.3 is 5.97 Å². The summed E-state index contributed by atoms with van der Waals surface area (Å²) in [4.78, 5) is 24.3. The number of carbonyl (C=O) groups excluding carboxylic acids is 2. The zero-order chi connectivity index (χ0) is 15.4. The molecule has 0 amide bonds. The van der Waals surface area contributed by atoms with E-state index in [9.17, 15) is 9.59 Å². The molecule has 1 aliphatic rings. The summed E-state index contributed by atoms with van der Waals surface area (Å²) in [5, 5.41) is 0. The predicted molar refractivity (Wildman–Crippen MR) is 86.0 cm³/mol. The van der Waals surface area contributed by atoms with Crippen LogP contribution in [-0.2, 0) is 14.3 Å². The Morgan fingerprint density at radius 1 is 1.33 bits per heavy atom. The second kappa shape index (κ2) is 6.94. The predicted octanol–water partition coefficient (Wildman–Crippen LogP) is 3.61. The van der Waals surface area contributed by atoms with Crippen LogP contribution in [0.4, 0.5) is 0 Å². The summed E-state index contributed by atoms with van der Waals surface area (Å²) in [5.74, 6) is 0.573. The molecule has 4 heteroatoms. The van der Waals surface area contributed by atoms with E-state index in [0.29, 0.717) is 23.5 Å². The third-order valence-electron chi connectivity index (χ3n) is 3.66. The van der Waals surface area contributed by atoms with Crippen LogP contribution in [0.3, 0.4) is 0 Å². The molecular weight excluding hydrogens is 284 g/mol. The standard InChI is InChI=1S/C17H20O3S/c1-4-12-9-14(20-15(18)10-21-3)16(17(12)19)13-7-5-11(2)6-8-13/h5-8,12H,4,9-10H2,1-3H3. The SMILES string of the molecule is CCC1CC(OC(=O)CSC)=C(c2ccc(C)cc2)C1=O. The number of ketones is 1. The van der Waals surface area contributed by atoms with E-state index in [1.807, 2.05) is 44.4 Å². The van der Waals surface area contributed by atoms with Crippen LogP contribution in [0.1, 0.15) is 30.9 Å². The molecule has 1 aliphatic carbocycles. The molecule has 21 heavy (non-hydrogen) atoms. The molecule has 0 bridgehead atoms. The largest absolute Gasteiger partial charge is 0.430 e. The van der Waals surface area contributed by atoms with Crippen molar-refractivity contribution >= 4 is 29.1 Å². The number of ether oxygens (including phenoxy) is 1. The summed E-state index contributed by atoms with van der Waals surface area (Å²) >= 11 is 1.42. The van der Waals surface area contributed by atoms with Crippen molar-refractivity contribution in [3.63, 3.8) is 0 Å². The zero-order valence-corrected chi connectivity index (χ0v) is 13.5. The average Bonchev–Trinajstić information content (AvgIpc) is 2.76. The normalized spacial score (nSPS) is 18.2. The summed E-state index contributed by atoms with van der Waals surface area (Å²) in [5.41, 5.74) is 2.56. The van der Waals surface area contributed by atoms with Gasteiger partial charge in [0.1, 0.15) is 5.76 Å². The molecule has 2 rings (SSSR count). The lowest BCUT2D eigenvalue weighted by atomic mass is 9.97. The van der Waals surface area contributed by atoms with Gasteiger partial charge in [0.2, 0.25) is 0 Å². The van der Waals surface area contributed by atoms with Gasteiger partial charge in [0.15, 0.2) is 5.78 Å². The highest BCUT2D eigenvalue weighted by atomic mass is 32.2. The number of thioether (sulfide) groups is 1. The maximum atomic E-state index is 12.5. The Kier molecular flexibility index (Phi) is 5.23. The van der Waals surface area contributed by atoms with Crippen molar-refractivity contribution in [1.82, 2.24) is 0 Å². The number of carbonyl (C=O) groups is 2. The number of Topliss-reactive ketones (excluding diaryl/α,β-unsaturated/α-hetero) is 1. The molecule has 0 aromatic heterocycles. The highest BCUT2D eigenvalue weighted by molar-refractivity contribution is 7.99. The van der Waals surface area contributed by atoms with E-state index in [0.717, 1.165) is 17.5 Å². The van der Waals surface area contributed by atoms with Crippen molar-refractivity contribution in [1.29, 1.82) is 0 Å². The fourth-order valence-corrected chi connectivity index (χ4v) is 2.79. The van der Waals surface area contributed by atoms with Gasteiger partial charge in [-0.1, -0.05) is 36.8 Å². The van der Waals surface area contributed by atoms with Crippen LogP contribution in [-0.4, -0.2) is 23.8 Å². The lowest BCUT2D eigenvalue weighted by Crippen LogP contribution is -2.08. The fraction of sp³-hybridized carbons (Fsp3) is 0.412. The highest BCUT2D eigenvalue weighted by Gasteiger charge is 2.34. The Bertz CT molecular complexity index is 572. The van der Waals surface area contributed by atoms with Gasteiger partial charge in [-0.3, -0.25) is 9.59 Å². The maximum Gasteiger partial charge on any atom is 0.320 e. The maximum absolute atomic E-state index is 12.5. The number of allylic oxidation sites excluding steroid dienone is 2. The first-order valence-corrected chi connectivity index (χ1v) is 8.50. The first-order chi connectivity index (χ1) is 10.1. The van der Waals surface area contributed by atoms with Gasteiger partial charge in [0, 0.05) is 12.3 Å².